The van der Waals surface area contributed by atoms with Crippen molar-refractivity contribution < 1.29 is 17.9 Å². The summed E-state index contributed by atoms with van der Waals surface area (Å²) < 4.78 is 33.2. The van der Waals surface area contributed by atoms with Gasteiger partial charge in [0.25, 0.3) is 11.5 Å². The van der Waals surface area contributed by atoms with Crippen LogP contribution in [0.25, 0.3) is 11.4 Å². The van der Waals surface area contributed by atoms with Gasteiger partial charge in [-0.15, -0.1) is 0 Å². The third-order valence-corrected chi connectivity index (χ3v) is 7.01. The molecule has 10 heteroatoms. The van der Waals surface area contributed by atoms with E-state index < -0.39 is 10.0 Å². The zero-order valence-corrected chi connectivity index (χ0v) is 19.5. The Balaban J connectivity index is 1.34. The molecule has 3 aromatic rings. The van der Waals surface area contributed by atoms with E-state index in [2.05, 4.69) is 20.0 Å². The van der Waals surface area contributed by atoms with Gasteiger partial charge in [-0.2, -0.15) is 0 Å². The van der Waals surface area contributed by atoms with Crippen LogP contribution < -0.4 is 20.3 Å². The Hall–Kier alpha value is -3.50. The fraction of sp³-hybridized carbons (Fsp3) is 0.292. The molecule has 9 nitrogen and oxygen atoms in total. The smallest absolute Gasteiger partial charge is 0.262 e. The molecule has 0 unspecified atom stereocenters. The highest BCUT2D eigenvalue weighted by molar-refractivity contribution is 7.89. The highest BCUT2D eigenvalue weighted by Gasteiger charge is 2.22. The largest absolute Gasteiger partial charge is 0.484 e. The summed E-state index contributed by atoms with van der Waals surface area (Å²) in [5.74, 6) is 0.405. The Bertz CT molecular complexity index is 1330. The fourth-order valence-electron chi connectivity index (χ4n) is 3.85. The maximum absolute atomic E-state index is 12.5. The zero-order chi connectivity index (χ0) is 24.1. The van der Waals surface area contributed by atoms with E-state index in [0.717, 1.165) is 25.7 Å². The van der Waals surface area contributed by atoms with Crippen molar-refractivity contribution in [2.45, 2.75) is 43.5 Å². The van der Waals surface area contributed by atoms with Gasteiger partial charge >= 0.3 is 0 Å². The van der Waals surface area contributed by atoms with Crippen molar-refractivity contribution in [1.82, 2.24) is 14.7 Å². The molecule has 1 fully saturated rings. The molecule has 1 aliphatic rings. The molecule has 1 saturated carbocycles. The number of nitrogens with one attached hydrogen (secondary N) is 3. The predicted molar refractivity (Wildman–Crippen MR) is 128 cm³/mol. The van der Waals surface area contributed by atoms with Gasteiger partial charge < -0.3 is 15.0 Å². The summed E-state index contributed by atoms with van der Waals surface area (Å²) in [7, 11) is -3.58. The highest BCUT2D eigenvalue weighted by Crippen LogP contribution is 2.22. The van der Waals surface area contributed by atoms with Crippen LogP contribution >= 0.6 is 0 Å². The van der Waals surface area contributed by atoms with Crippen molar-refractivity contribution in [3.05, 3.63) is 70.6 Å². The minimum Gasteiger partial charge on any atom is -0.484 e. The molecule has 0 spiro atoms. The van der Waals surface area contributed by atoms with E-state index in [-0.39, 0.29) is 29.0 Å². The van der Waals surface area contributed by atoms with Gasteiger partial charge in [-0.25, -0.2) is 18.1 Å². The minimum atomic E-state index is -3.58. The number of anilines is 1. The topological polar surface area (TPSA) is 130 Å². The lowest BCUT2D eigenvalue weighted by Gasteiger charge is -2.13. The second-order valence-corrected chi connectivity index (χ2v) is 9.94. The number of hydrogen-bond donors (Lipinski definition) is 3. The average molecular weight is 483 g/mol. The normalized spacial score (nSPS) is 14.1. The highest BCUT2D eigenvalue weighted by atomic mass is 32.2. The number of aryl methyl sites for hydroxylation is 1. The van der Waals surface area contributed by atoms with Gasteiger partial charge in [0.2, 0.25) is 10.0 Å². The first-order valence-electron chi connectivity index (χ1n) is 11.0. The molecule has 0 atom stereocenters. The SMILES string of the molecule is Cc1cc(=O)[nH]c(-c2cccc(NC(=O)COc3ccc(S(=O)(=O)NC4CCCC4)cc3)c2)n1. The maximum atomic E-state index is 12.5. The van der Waals surface area contributed by atoms with Gasteiger partial charge in [-0.1, -0.05) is 25.0 Å². The van der Waals surface area contributed by atoms with Gasteiger partial charge in [0.05, 0.1) is 4.90 Å². The number of rotatable bonds is 8. The second-order valence-electron chi connectivity index (χ2n) is 8.23. The number of nitrogens with zero attached hydrogens (tertiary/aromatic N) is 1. The fourth-order valence-corrected chi connectivity index (χ4v) is 5.16. The van der Waals surface area contributed by atoms with Crippen LogP contribution in [0.4, 0.5) is 5.69 Å². The van der Waals surface area contributed by atoms with Crippen LogP contribution in [0.3, 0.4) is 0 Å². The number of sulfonamides is 1. The van der Waals surface area contributed by atoms with Crippen LogP contribution in [0.5, 0.6) is 5.75 Å². The molecule has 1 aromatic heterocycles. The van der Waals surface area contributed by atoms with Crippen LogP contribution in [0.15, 0.2) is 64.3 Å². The number of amides is 1. The number of H-pyrrole nitrogens is 1. The van der Waals surface area contributed by atoms with Gasteiger partial charge in [-0.3, -0.25) is 9.59 Å². The minimum absolute atomic E-state index is 0.00920. The number of benzene rings is 2. The number of carbonyl (C=O) groups is 1. The molecule has 0 aliphatic heterocycles. The Kier molecular flexibility index (Phi) is 7.09. The van der Waals surface area contributed by atoms with Crippen molar-refractivity contribution in [2.75, 3.05) is 11.9 Å². The molecule has 1 aliphatic carbocycles. The van der Waals surface area contributed by atoms with Crippen molar-refractivity contribution in [1.29, 1.82) is 0 Å². The predicted octanol–water partition coefficient (Wildman–Crippen LogP) is 2.98. The van der Waals surface area contributed by atoms with E-state index in [4.69, 9.17) is 4.74 Å². The average Bonchev–Trinajstić information content (AvgIpc) is 3.30. The Morgan fingerprint density at radius 3 is 2.56 bits per heavy atom. The van der Waals surface area contributed by atoms with Crippen LogP contribution in [0.1, 0.15) is 31.4 Å². The van der Waals surface area contributed by atoms with E-state index >= 15 is 0 Å². The van der Waals surface area contributed by atoms with Crippen LogP contribution in [0, 0.1) is 6.92 Å². The summed E-state index contributed by atoms with van der Waals surface area (Å²) >= 11 is 0. The summed E-state index contributed by atoms with van der Waals surface area (Å²) in [5.41, 5.74) is 1.52. The number of ether oxygens (including phenoxy) is 1. The number of aromatic amines is 1. The molecule has 1 heterocycles. The molecule has 34 heavy (non-hydrogen) atoms. The Morgan fingerprint density at radius 2 is 1.85 bits per heavy atom. The zero-order valence-electron chi connectivity index (χ0n) is 18.7. The third-order valence-electron chi connectivity index (χ3n) is 5.47. The molecule has 2 aromatic carbocycles. The maximum Gasteiger partial charge on any atom is 0.262 e. The lowest BCUT2D eigenvalue weighted by atomic mass is 10.2. The molecular formula is C24H26N4O5S. The van der Waals surface area contributed by atoms with E-state index in [9.17, 15) is 18.0 Å². The van der Waals surface area contributed by atoms with Crippen molar-refractivity contribution in [3.63, 3.8) is 0 Å². The van der Waals surface area contributed by atoms with Gasteiger partial charge in [0.1, 0.15) is 11.6 Å². The van der Waals surface area contributed by atoms with E-state index in [1.807, 2.05) is 0 Å². The van der Waals surface area contributed by atoms with Crippen molar-refractivity contribution in [3.8, 4) is 17.1 Å². The molecule has 0 radical (unpaired) electrons. The van der Waals surface area contributed by atoms with Gasteiger partial charge in [-0.05, 0) is 56.2 Å². The summed E-state index contributed by atoms with van der Waals surface area (Å²) in [6.45, 7) is 1.48. The second kappa shape index (κ2) is 10.2. The van der Waals surface area contributed by atoms with Crippen LogP contribution in [0.2, 0.25) is 0 Å². The lowest BCUT2D eigenvalue weighted by molar-refractivity contribution is -0.118. The first kappa shape index (κ1) is 23.7. The first-order valence-corrected chi connectivity index (χ1v) is 12.5. The first-order chi connectivity index (χ1) is 16.3. The standard InChI is InChI=1S/C24H26N4O5S/c1-16-13-22(29)27-24(25-16)17-5-4-8-19(14-17)26-23(30)15-33-20-9-11-21(12-10-20)34(31,32)28-18-6-2-3-7-18/h4-5,8-14,18,28H,2-3,6-7,15H2,1H3,(H,26,30)(H,25,27,29). The number of hydrogen-bond acceptors (Lipinski definition) is 6. The molecular weight excluding hydrogens is 456 g/mol. The molecule has 0 bridgehead atoms. The van der Waals surface area contributed by atoms with Gasteiger partial charge in [0.15, 0.2) is 6.61 Å². The van der Waals surface area contributed by atoms with E-state index in [0.29, 0.717) is 28.5 Å². The van der Waals surface area contributed by atoms with Crippen molar-refractivity contribution >= 4 is 21.6 Å². The molecule has 178 valence electrons. The number of aromatic nitrogens is 2. The Morgan fingerprint density at radius 1 is 1.12 bits per heavy atom. The van der Waals surface area contributed by atoms with Crippen LogP contribution in [-0.2, 0) is 14.8 Å². The van der Waals surface area contributed by atoms with Crippen molar-refractivity contribution in [2.24, 2.45) is 0 Å². The molecule has 1 amide bonds. The molecule has 3 N–H and O–H groups in total. The summed E-state index contributed by atoms with van der Waals surface area (Å²) in [5, 5.41) is 2.74. The molecule has 0 saturated heterocycles. The molecule has 4 rings (SSSR count). The monoisotopic (exact) mass is 482 g/mol. The summed E-state index contributed by atoms with van der Waals surface area (Å²) in [4.78, 5) is 31.2. The Labute approximate surface area is 197 Å². The number of carbonyl (C=O) groups excluding carboxylic acids is 1. The summed E-state index contributed by atoms with van der Waals surface area (Å²) in [6, 6.07) is 14.3. The van der Waals surface area contributed by atoms with Gasteiger partial charge in [0, 0.05) is 29.1 Å². The lowest BCUT2D eigenvalue weighted by Crippen LogP contribution is -2.32. The quantitative estimate of drug-likeness (QED) is 0.453. The van der Waals surface area contributed by atoms with E-state index in [1.165, 1.54) is 30.3 Å². The third kappa shape index (κ3) is 6.09. The van der Waals surface area contributed by atoms with Crippen LogP contribution in [-0.4, -0.2) is 36.9 Å². The van der Waals surface area contributed by atoms with E-state index in [1.54, 1.807) is 31.2 Å². The summed E-state index contributed by atoms with van der Waals surface area (Å²) in [6.07, 6.45) is 3.79.